The second-order valence-corrected chi connectivity index (χ2v) is 11.0. The Morgan fingerprint density at radius 1 is 1.45 bits per heavy atom. The van der Waals surface area contributed by atoms with Gasteiger partial charge < -0.3 is 5.32 Å². The molecule has 0 aliphatic carbocycles. The maximum atomic E-state index is 13.1. The van der Waals surface area contributed by atoms with Crippen LogP contribution in [0.1, 0.15) is 22.5 Å². The summed E-state index contributed by atoms with van der Waals surface area (Å²) >= 11 is 5.87. The molecule has 120 valence electrons. The third-order valence-corrected chi connectivity index (χ3v) is 5.26. The standard InChI is InChI=1S/C13H15ClF3N3OSi/c1-22(2,3)9-7-8(12(21)19-6-4-5-18)10(13(15,16)17)20-11(9)14/h7H,4,6H2,1-3H3,(H,19,21). The Morgan fingerprint density at radius 3 is 2.50 bits per heavy atom. The highest BCUT2D eigenvalue weighted by molar-refractivity contribution is 6.90. The number of hydrogen-bond acceptors (Lipinski definition) is 3. The molecule has 0 bridgehead atoms. The number of halogens is 4. The van der Waals surface area contributed by atoms with Crippen LogP contribution in [0.2, 0.25) is 24.8 Å². The number of hydrogen-bond donors (Lipinski definition) is 1. The molecule has 1 amide bonds. The van der Waals surface area contributed by atoms with E-state index in [-0.39, 0.29) is 18.1 Å². The summed E-state index contributed by atoms with van der Waals surface area (Å²) in [5, 5.41) is 11.0. The number of nitrogens with one attached hydrogen (secondary N) is 1. The molecule has 22 heavy (non-hydrogen) atoms. The fourth-order valence-corrected chi connectivity index (χ4v) is 3.97. The van der Waals surface area contributed by atoms with E-state index in [1.165, 1.54) is 6.07 Å². The van der Waals surface area contributed by atoms with Gasteiger partial charge in [0.2, 0.25) is 0 Å². The van der Waals surface area contributed by atoms with Crippen molar-refractivity contribution in [2.45, 2.75) is 32.2 Å². The summed E-state index contributed by atoms with van der Waals surface area (Å²) in [4.78, 5) is 15.4. The molecule has 0 saturated heterocycles. The highest BCUT2D eigenvalue weighted by Gasteiger charge is 2.39. The van der Waals surface area contributed by atoms with Crippen molar-refractivity contribution < 1.29 is 18.0 Å². The highest BCUT2D eigenvalue weighted by Crippen LogP contribution is 2.31. The number of nitriles is 1. The predicted octanol–water partition coefficient (Wildman–Crippen LogP) is 2.94. The first-order valence-electron chi connectivity index (χ1n) is 6.42. The second kappa shape index (κ2) is 6.67. The Kier molecular flexibility index (Phi) is 5.59. The zero-order chi connectivity index (χ0) is 17.1. The van der Waals surface area contributed by atoms with Crippen LogP contribution in [0.25, 0.3) is 0 Å². The number of pyridine rings is 1. The van der Waals surface area contributed by atoms with Crippen LogP contribution in [-0.4, -0.2) is 25.5 Å². The summed E-state index contributed by atoms with van der Waals surface area (Å²) in [6.07, 6.45) is -4.78. The molecule has 1 aromatic rings. The summed E-state index contributed by atoms with van der Waals surface area (Å²) in [7, 11) is -2.07. The number of carbonyl (C=O) groups excluding carboxylic acids is 1. The monoisotopic (exact) mass is 349 g/mol. The number of carbonyl (C=O) groups is 1. The van der Waals surface area contributed by atoms with Crippen molar-refractivity contribution in [1.82, 2.24) is 10.3 Å². The van der Waals surface area contributed by atoms with Crippen LogP contribution in [0.5, 0.6) is 0 Å². The molecule has 0 spiro atoms. The van der Waals surface area contributed by atoms with Crippen LogP contribution in [0, 0.1) is 11.3 Å². The molecule has 0 fully saturated rings. The second-order valence-electron chi connectivity index (χ2n) is 5.63. The first-order chi connectivity index (χ1) is 9.98. The molecule has 1 heterocycles. The minimum absolute atomic E-state index is 0.00892. The maximum Gasteiger partial charge on any atom is 0.434 e. The van der Waals surface area contributed by atoms with Gasteiger partial charge in [0.25, 0.3) is 5.91 Å². The van der Waals surface area contributed by atoms with Crippen molar-refractivity contribution in [3.8, 4) is 6.07 Å². The van der Waals surface area contributed by atoms with Gasteiger partial charge in [-0.25, -0.2) is 4.98 Å². The zero-order valence-corrected chi connectivity index (χ0v) is 14.1. The van der Waals surface area contributed by atoms with Gasteiger partial charge in [-0.05, 0) is 11.3 Å². The molecule has 0 aliphatic rings. The summed E-state index contributed by atoms with van der Waals surface area (Å²) in [6, 6.07) is 2.97. The Bertz CT molecular complexity index is 621. The molecule has 0 saturated carbocycles. The van der Waals surface area contributed by atoms with Crippen molar-refractivity contribution in [3.05, 3.63) is 22.5 Å². The van der Waals surface area contributed by atoms with E-state index in [0.29, 0.717) is 5.19 Å². The van der Waals surface area contributed by atoms with Crippen molar-refractivity contribution >= 4 is 30.8 Å². The number of alkyl halides is 3. The fraction of sp³-hybridized carbons (Fsp3) is 0.462. The van der Waals surface area contributed by atoms with Crippen LogP contribution in [0.4, 0.5) is 13.2 Å². The lowest BCUT2D eigenvalue weighted by molar-refractivity contribution is -0.141. The topological polar surface area (TPSA) is 65.8 Å². The molecule has 4 nitrogen and oxygen atoms in total. The quantitative estimate of drug-likeness (QED) is 0.516. The van der Waals surface area contributed by atoms with E-state index in [2.05, 4.69) is 10.3 Å². The van der Waals surface area contributed by atoms with Crippen molar-refractivity contribution in [2.75, 3.05) is 6.54 Å². The van der Waals surface area contributed by atoms with Gasteiger partial charge in [0.05, 0.1) is 26.1 Å². The molecule has 0 aliphatic heterocycles. The number of aromatic nitrogens is 1. The fourth-order valence-electron chi connectivity index (χ4n) is 1.73. The zero-order valence-electron chi connectivity index (χ0n) is 12.3. The number of nitrogens with zero attached hydrogens (tertiary/aromatic N) is 2. The van der Waals surface area contributed by atoms with Crippen molar-refractivity contribution in [2.24, 2.45) is 0 Å². The van der Waals surface area contributed by atoms with Crippen LogP contribution >= 0.6 is 11.6 Å². The first-order valence-corrected chi connectivity index (χ1v) is 10.3. The summed E-state index contributed by atoms with van der Waals surface area (Å²) in [6.45, 7) is 5.64. The van der Waals surface area contributed by atoms with Gasteiger partial charge in [0.1, 0.15) is 5.15 Å². The predicted molar refractivity (Wildman–Crippen MR) is 79.8 cm³/mol. The normalized spacial score (nSPS) is 11.9. The Balaban J connectivity index is 3.38. The number of rotatable bonds is 4. The molecular weight excluding hydrogens is 335 g/mol. The molecule has 1 N–H and O–H groups in total. The SMILES string of the molecule is C[Si](C)(C)c1cc(C(=O)NCCC#N)c(C(F)(F)F)nc1Cl. The highest BCUT2D eigenvalue weighted by atomic mass is 35.5. The van der Waals surface area contributed by atoms with E-state index in [4.69, 9.17) is 16.9 Å². The van der Waals surface area contributed by atoms with Crippen molar-refractivity contribution in [3.63, 3.8) is 0 Å². The van der Waals surface area contributed by atoms with Gasteiger partial charge in [-0.3, -0.25) is 4.79 Å². The van der Waals surface area contributed by atoms with Gasteiger partial charge in [0.15, 0.2) is 5.69 Å². The molecule has 1 aromatic heterocycles. The summed E-state index contributed by atoms with van der Waals surface area (Å²) < 4.78 is 39.2. The van der Waals surface area contributed by atoms with Gasteiger partial charge >= 0.3 is 6.18 Å². The van der Waals surface area contributed by atoms with E-state index in [1.807, 2.05) is 19.6 Å². The third kappa shape index (κ3) is 4.45. The minimum atomic E-state index is -4.79. The first kappa shape index (κ1) is 18.5. The van der Waals surface area contributed by atoms with Crippen LogP contribution in [0.15, 0.2) is 6.07 Å². The average molecular weight is 350 g/mol. The van der Waals surface area contributed by atoms with E-state index in [1.54, 1.807) is 6.07 Å². The lowest BCUT2D eigenvalue weighted by Crippen LogP contribution is -2.41. The van der Waals surface area contributed by atoms with E-state index in [9.17, 15) is 18.0 Å². The van der Waals surface area contributed by atoms with Gasteiger partial charge in [0, 0.05) is 6.54 Å². The molecular formula is C13H15ClF3N3OSi. The molecule has 9 heteroatoms. The number of amides is 1. The van der Waals surface area contributed by atoms with Crippen LogP contribution < -0.4 is 10.5 Å². The molecule has 0 aromatic carbocycles. The third-order valence-electron chi connectivity index (χ3n) is 2.82. The molecule has 1 rings (SSSR count). The van der Waals surface area contributed by atoms with E-state index in [0.717, 1.165) is 0 Å². The summed E-state index contributed by atoms with van der Waals surface area (Å²) in [5.41, 5.74) is -1.87. The van der Waals surface area contributed by atoms with Gasteiger partial charge in [-0.1, -0.05) is 31.2 Å². The van der Waals surface area contributed by atoms with Crippen LogP contribution in [0.3, 0.4) is 0 Å². The average Bonchev–Trinajstić information content (AvgIpc) is 2.36. The molecule has 0 unspecified atom stereocenters. The molecule has 0 atom stereocenters. The molecule has 0 radical (unpaired) electrons. The Labute approximate surface area is 132 Å². The van der Waals surface area contributed by atoms with E-state index >= 15 is 0 Å². The smallest absolute Gasteiger partial charge is 0.351 e. The maximum absolute atomic E-state index is 13.1. The lowest BCUT2D eigenvalue weighted by atomic mass is 10.1. The van der Waals surface area contributed by atoms with Crippen molar-refractivity contribution in [1.29, 1.82) is 5.26 Å². The van der Waals surface area contributed by atoms with Gasteiger partial charge in [-0.15, -0.1) is 0 Å². The lowest BCUT2D eigenvalue weighted by Gasteiger charge is -2.21. The van der Waals surface area contributed by atoms with Crippen LogP contribution in [-0.2, 0) is 6.18 Å². The summed E-state index contributed by atoms with van der Waals surface area (Å²) in [5.74, 6) is -0.911. The minimum Gasteiger partial charge on any atom is -0.351 e. The Hall–Kier alpha value is -1.59. The van der Waals surface area contributed by atoms with E-state index < -0.39 is 31.4 Å². The Morgan fingerprint density at radius 2 is 2.05 bits per heavy atom. The largest absolute Gasteiger partial charge is 0.434 e. The van der Waals surface area contributed by atoms with Gasteiger partial charge in [-0.2, -0.15) is 18.4 Å².